The van der Waals surface area contributed by atoms with Crippen LogP contribution >= 0.6 is 58.8 Å². The number of thioether (sulfide) groups is 5. The Hall–Kier alpha value is 1.75. The van der Waals surface area contributed by atoms with Crippen molar-refractivity contribution in [3.05, 3.63) is 0 Å². The number of rotatable bonds is 9. The fraction of sp³-hybridized carbons (Fsp3) is 1.00. The predicted octanol–water partition coefficient (Wildman–Crippen LogP) is 3.42. The molecule has 15 heavy (non-hydrogen) atoms. The summed E-state index contributed by atoms with van der Waals surface area (Å²) in [6.45, 7) is 0. The third-order valence-corrected chi connectivity index (χ3v) is 9.03. The molecule has 0 aliphatic carbocycles. The van der Waals surface area contributed by atoms with Gasteiger partial charge in [0.05, 0.1) is 0 Å². The van der Waals surface area contributed by atoms with Crippen molar-refractivity contribution in [3.63, 3.8) is 0 Å². The van der Waals surface area contributed by atoms with Crippen LogP contribution in [0.25, 0.3) is 0 Å². The fourth-order valence-corrected chi connectivity index (χ4v) is 6.92. The van der Waals surface area contributed by atoms with Crippen LogP contribution < -0.4 is 0 Å². The smallest absolute Gasteiger partial charge is 0.0229 e. The molecule has 0 saturated carbocycles. The largest absolute Gasteiger partial charge is 0.160 e. The van der Waals surface area contributed by atoms with Gasteiger partial charge in [0.25, 0.3) is 0 Å². The van der Waals surface area contributed by atoms with E-state index in [2.05, 4.69) is 58.8 Å². The second-order valence-corrected chi connectivity index (χ2v) is 9.86. The van der Waals surface area contributed by atoms with E-state index in [-0.39, 0.29) is 0 Å². The van der Waals surface area contributed by atoms with Crippen molar-refractivity contribution in [1.29, 1.82) is 0 Å². The number of hydrogen-bond acceptors (Lipinski definition) is 5. The van der Waals surface area contributed by atoms with E-state index in [0.29, 0.717) is 0 Å². The highest BCUT2D eigenvalue weighted by Crippen LogP contribution is 2.33. The lowest BCUT2D eigenvalue weighted by atomic mass is 10.5. The molecule has 2 rings (SSSR count). The molecule has 0 radical (unpaired) electrons. The molecular weight excluding hydrogens is 280 g/mol. The van der Waals surface area contributed by atoms with Gasteiger partial charge in [0.2, 0.25) is 0 Å². The van der Waals surface area contributed by atoms with Crippen molar-refractivity contribution in [2.24, 2.45) is 0 Å². The molecular formula is C10H18S5. The van der Waals surface area contributed by atoms with Crippen LogP contribution in [0.5, 0.6) is 0 Å². The van der Waals surface area contributed by atoms with E-state index in [4.69, 9.17) is 0 Å². The zero-order valence-electron chi connectivity index (χ0n) is 8.85. The van der Waals surface area contributed by atoms with Crippen LogP contribution in [0.3, 0.4) is 0 Å². The van der Waals surface area contributed by atoms with Gasteiger partial charge in [-0.25, -0.2) is 0 Å². The maximum absolute atomic E-state index is 2.19. The topological polar surface area (TPSA) is 0 Å². The Labute approximate surface area is 115 Å². The van der Waals surface area contributed by atoms with Crippen LogP contribution in [0.1, 0.15) is 0 Å². The van der Waals surface area contributed by atoms with Crippen molar-refractivity contribution in [2.75, 3.05) is 46.0 Å². The predicted molar refractivity (Wildman–Crippen MR) is 84.5 cm³/mol. The summed E-state index contributed by atoms with van der Waals surface area (Å²) in [5, 5.41) is 2.02. The minimum atomic E-state index is 0.997. The van der Waals surface area contributed by atoms with Crippen LogP contribution in [-0.2, 0) is 0 Å². The molecule has 0 N–H and O–H groups in total. The summed E-state index contributed by atoms with van der Waals surface area (Å²) in [4.78, 5) is 0. The summed E-state index contributed by atoms with van der Waals surface area (Å²) in [6.07, 6.45) is 0. The zero-order chi connectivity index (χ0) is 10.3. The summed E-state index contributed by atoms with van der Waals surface area (Å²) in [5.74, 6) is 11.1. The van der Waals surface area contributed by atoms with Gasteiger partial charge in [-0.05, 0) is 0 Å². The minimum Gasteiger partial charge on any atom is -0.160 e. The summed E-state index contributed by atoms with van der Waals surface area (Å²) < 4.78 is 0. The van der Waals surface area contributed by atoms with Gasteiger partial charge in [0.1, 0.15) is 0 Å². The van der Waals surface area contributed by atoms with E-state index in [1.165, 1.54) is 46.0 Å². The van der Waals surface area contributed by atoms with Crippen LogP contribution in [0.15, 0.2) is 0 Å². The second-order valence-electron chi connectivity index (χ2n) is 3.67. The summed E-state index contributed by atoms with van der Waals surface area (Å²) >= 11 is 10.7. The monoisotopic (exact) mass is 298 g/mol. The highest BCUT2D eigenvalue weighted by atomic mass is 32.2. The van der Waals surface area contributed by atoms with E-state index < -0.39 is 0 Å². The van der Waals surface area contributed by atoms with Gasteiger partial charge in [0.15, 0.2) is 0 Å². The SMILES string of the molecule is C(CSCC1CS1)SCCSC1CSC1. The van der Waals surface area contributed by atoms with Crippen molar-refractivity contribution in [3.8, 4) is 0 Å². The molecule has 1 unspecified atom stereocenters. The molecule has 0 amide bonds. The fourth-order valence-electron chi connectivity index (χ4n) is 1.18. The standard InChI is InChI=1S/C10H18S5/c1(2-12-5-10-8-15-10)11-3-4-14-9-6-13-7-9/h9-10H,1-8H2. The van der Waals surface area contributed by atoms with Crippen LogP contribution in [-0.4, -0.2) is 56.5 Å². The van der Waals surface area contributed by atoms with Crippen molar-refractivity contribution < 1.29 is 0 Å². The zero-order valence-corrected chi connectivity index (χ0v) is 12.9. The van der Waals surface area contributed by atoms with Crippen LogP contribution in [0.4, 0.5) is 0 Å². The Morgan fingerprint density at radius 1 is 0.933 bits per heavy atom. The van der Waals surface area contributed by atoms with Gasteiger partial charge in [0, 0.05) is 56.5 Å². The third-order valence-electron chi connectivity index (χ3n) is 2.27. The molecule has 2 heterocycles. The van der Waals surface area contributed by atoms with Gasteiger partial charge in [-0.3, -0.25) is 0 Å². The maximum Gasteiger partial charge on any atom is 0.0229 e. The normalized spacial score (nSPS) is 25.2. The molecule has 88 valence electrons. The molecule has 2 saturated heterocycles. The Kier molecular flexibility index (Phi) is 7.00. The van der Waals surface area contributed by atoms with Gasteiger partial charge < -0.3 is 0 Å². The van der Waals surface area contributed by atoms with Crippen molar-refractivity contribution in [1.82, 2.24) is 0 Å². The summed E-state index contributed by atoms with van der Waals surface area (Å²) in [5.41, 5.74) is 0. The summed E-state index contributed by atoms with van der Waals surface area (Å²) in [7, 11) is 0. The highest BCUT2D eigenvalue weighted by molar-refractivity contribution is 8.09. The average molecular weight is 299 g/mol. The first-order valence-corrected chi connectivity index (χ1v) is 11.0. The first-order chi connectivity index (χ1) is 7.45. The van der Waals surface area contributed by atoms with Crippen LogP contribution in [0, 0.1) is 0 Å². The molecule has 0 nitrogen and oxygen atoms in total. The average Bonchev–Trinajstić information content (AvgIpc) is 2.96. The molecule has 0 aromatic carbocycles. The van der Waals surface area contributed by atoms with Crippen molar-refractivity contribution in [2.45, 2.75) is 10.5 Å². The van der Waals surface area contributed by atoms with Gasteiger partial charge in [-0.1, -0.05) is 0 Å². The lowest BCUT2D eigenvalue weighted by molar-refractivity contribution is 1.08. The lowest BCUT2D eigenvalue weighted by Gasteiger charge is -2.23. The molecule has 0 aromatic heterocycles. The molecule has 2 aliphatic rings. The van der Waals surface area contributed by atoms with Gasteiger partial charge in [-0.15, -0.1) is 0 Å². The maximum atomic E-state index is 2.19. The van der Waals surface area contributed by atoms with E-state index in [1.807, 2.05) is 0 Å². The Balaban J connectivity index is 1.26. The van der Waals surface area contributed by atoms with E-state index in [9.17, 15) is 0 Å². The summed E-state index contributed by atoms with van der Waals surface area (Å²) in [6, 6.07) is 0. The van der Waals surface area contributed by atoms with Gasteiger partial charge >= 0.3 is 0 Å². The molecule has 0 aromatic rings. The lowest BCUT2D eigenvalue weighted by Crippen LogP contribution is -2.21. The van der Waals surface area contributed by atoms with E-state index >= 15 is 0 Å². The minimum absolute atomic E-state index is 0.997. The van der Waals surface area contributed by atoms with E-state index in [1.54, 1.807) is 0 Å². The first kappa shape index (κ1) is 13.2. The quantitative estimate of drug-likeness (QED) is 0.471. The molecule has 2 aliphatic heterocycles. The van der Waals surface area contributed by atoms with Crippen LogP contribution in [0.2, 0.25) is 0 Å². The molecule has 5 heteroatoms. The number of hydrogen-bond donors (Lipinski definition) is 0. The Morgan fingerprint density at radius 2 is 1.67 bits per heavy atom. The molecule has 1 atom stereocenters. The second kappa shape index (κ2) is 7.96. The molecule has 0 bridgehead atoms. The van der Waals surface area contributed by atoms with Crippen molar-refractivity contribution >= 4 is 58.8 Å². The van der Waals surface area contributed by atoms with Gasteiger partial charge in [-0.2, -0.15) is 58.8 Å². The Bertz CT molecular complexity index is 167. The molecule has 0 spiro atoms. The third kappa shape index (κ3) is 6.29. The molecule has 2 fully saturated rings. The Morgan fingerprint density at radius 3 is 2.33 bits per heavy atom. The van der Waals surface area contributed by atoms with E-state index in [0.717, 1.165) is 10.5 Å². The first-order valence-electron chi connectivity index (χ1n) is 5.41. The highest BCUT2D eigenvalue weighted by Gasteiger charge is 2.21.